The van der Waals surface area contributed by atoms with Crippen molar-refractivity contribution in [2.45, 2.75) is 24.9 Å². The van der Waals surface area contributed by atoms with Gasteiger partial charge in [-0.25, -0.2) is 9.78 Å². The number of carbonyl (C=O) groups excluding carboxylic acids is 1. The van der Waals surface area contributed by atoms with E-state index in [1.807, 2.05) is 67.7 Å². The first-order chi connectivity index (χ1) is 15.7. The highest BCUT2D eigenvalue weighted by atomic mass is 32.2. The van der Waals surface area contributed by atoms with Crippen LogP contribution in [0.25, 0.3) is 0 Å². The molecule has 3 heterocycles. The van der Waals surface area contributed by atoms with E-state index >= 15 is 0 Å². The van der Waals surface area contributed by atoms with Crippen LogP contribution in [0.2, 0.25) is 0 Å². The van der Waals surface area contributed by atoms with Crippen LogP contribution in [0.3, 0.4) is 0 Å². The number of piperazine rings is 1. The van der Waals surface area contributed by atoms with Crippen molar-refractivity contribution in [3.05, 3.63) is 83.8 Å². The molecule has 1 fully saturated rings. The number of hydrogen-bond donors (Lipinski definition) is 0. The maximum Gasteiger partial charge on any atom is 0.415 e. The van der Waals surface area contributed by atoms with E-state index in [0.717, 1.165) is 48.2 Å². The summed E-state index contributed by atoms with van der Waals surface area (Å²) in [5, 5.41) is 1.04. The lowest BCUT2D eigenvalue weighted by Gasteiger charge is -2.33. The van der Waals surface area contributed by atoms with Crippen LogP contribution in [0.4, 0.5) is 4.79 Å². The largest absolute Gasteiger partial charge is 0.415 e. The second-order valence-corrected chi connectivity index (χ2v) is 8.93. The molecule has 2 aromatic heterocycles. The summed E-state index contributed by atoms with van der Waals surface area (Å²) >= 11 is 1.74. The van der Waals surface area contributed by atoms with Gasteiger partial charge in [-0.1, -0.05) is 24.3 Å². The number of carbonyl (C=O) groups is 1. The van der Waals surface area contributed by atoms with Crippen LogP contribution in [0.15, 0.2) is 71.9 Å². The molecule has 0 N–H and O–H groups in total. The summed E-state index contributed by atoms with van der Waals surface area (Å²) in [5.74, 6) is 1.54. The highest BCUT2D eigenvalue weighted by Gasteiger charge is 2.23. The molecule has 0 radical (unpaired) electrons. The Morgan fingerprint density at radius 1 is 1.00 bits per heavy atom. The van der Waals surface area contributed by atoms with E-state index in [-0.39, 0.29) is 6.09 Å². The summed E-state index contributed by atoms with van der Waals surface area (Å²) in [6.07, 6.45) is 2.47. The quantitative estimate of drug-likeness (QED) is 0.498. The van der Waals surface area contributed by atoms with Crippen LogP contribution in [0, 0.1) is 6.92 Å². The standard InChI is InChI=1S/C25H28N4O2S/c1-20-5-4-6-22(27-20)19-28-14-16-29(17-15-28)25(30)31-23-10-8-21(9-11-23)12-18-32-24-7-2-3-13-26-24/h2-11,13H,12,14-19H2,1H3. The molecule has 1 amide bonds. The van der Waals surface area contributed by atoms with Gasteiger partial charge < -0.3 is 9.64 Å². The summed E-state index contributed by atoms with van der Waals surface area (Å²) in [7, 11) is 0. The molecule has 32 heavy (non-hydrogen) atoms. The Balaban J connectivity index is 1.19. The average Bonchev–Trinajstić information content (AvgIpc) is 2.81. The molecular formula is C25H28N4O2S. The van der Waals surface area contributed by atoms with Crippen LogP contribution < -0.4 is 4.74 Å². The molecule has 1 aliphatic heterocycles. The molecule has 3 aromatic rings. The van der Waals surface area contributed by atoms with Crippen molar-refractivity contribution in [3.8, 4) is 5.75 Å². The Labute approximate surface area is 193 Å². The number of aromatic nitrogens is 2. The molecule has 0 spiro atoms. The van der Waals surface area contributed by atoms with Gasteiger partial charge in [-0.2, -0.15) is 0 Å². The summed E-state index contributed by atoms with van der Waals surface area (Å²) in [4.78, 5) is 25.5. The lowest BCUT2D eigenvalue weighted by atomic mass is 10.2. The first kappa shape index (κ1) is 22.3. The monoisotopic (exact) mass is 448 g/mol. The minimum absolute atomic E-state index is 0.281. The molecule has 6 nitrogen and oxygen atoms in total. The molecule has 0 unspecified atom stereocenters. The summed E-state index contributed by atoms with van der Waals surface area (Å²) in [6.45, 7) is 5.77. The summed E-state index contributed by atoms with van der Waals surface area (Å²) in [6, 6.07) is 19.8. The minimum Gasteiger partial charge on any atom is -0.410 e. The van der Waals surface area contributed by atoms with E-state index in [1.54, 1.807) is 16.7 Å². The molecule has 1 aromatic carbocycles. The van der Waals surface area contributed by atoms with Crippen molar-refractivity contribution < 1.29 is 9.53 Å². The third-order valence-electron chi connectivity index (χ3n) is 5.37. The number of ether oxygens (including phenoxy) is 1. The molecule has 7 heteroatoms. The minimum atomic E-state index is -0.281. The Morgan fingerprint density at radius 2 is 1.81 bits per heavy atom. The molecular weight excluding hydrogens is 420 g/mol. The number of aryl methyl sites for hydroxylation is 2. The molecule has 1 saturated heterocycles. The van der Waals surface area contributed by atoms with Crippen molar-refractivity contribution in [2.75, 3.05) is 31.9 Å². The van der Waals surface area contributed by atoms with E-state index < -0.39 is 0 Å². The van der Waals surface area contributed by atoms with Crippen molar-refractivity contribution in [1.82, 2.24) is 19.8 Å². The number of nitrogens with zero attached hydrogens (tertiary/aromatic N) is 4. The highest BCUT2D eigenvalue weighted by Crippen LogP contribution is 2.19. The number of amides is 1. The summed E-state index contributed by atoms with van der Waals surface area (Å²) in [5.41, 5.74) is 3.31. The van der Waals surface area contributed by atoms with Gasteiger partial charge in [0.05, 0.1) is 10.7 Å². The molecule has 4 rings (SSSR count). The number of benzene rings is 1. The Kier molecular flexibility index (Phi) is 7.74. The predicted octanol–water partition coefficient (Wildman–Crippen LogP) is 4.44. The predicted molar refractivity (Wildman–Crippen MR) is 127 cm³/mol. The van der Waals surface area contributed by atoms with Gasteiger partial charge in [0, 0.05) is 50.4 Å². The lowest BCUT2D eigenvalue weighted by Crippen LogP contribution is -2.49. The molecule has 166 valence electrons. The smallest absolute Gasteiger partial charge is 0.410 e. The van der Waals surface area contributed by atoms with Crippen LogP contribution in [0.5, 0.6) is 5.75 Å². The number of pyridine rings is 2. The highest BCUT2D eigenvalue weighted by molar-refractivity contribution is 7.99. The van der Waals surface area contributed by atoms with Crippen molar-refractivity contribution >= 4 is 17.9 Å². The van der Waals surface area contributed by atoms with E-state index in [2.05, 4.69) is 20.9 Å². The summed E-state index contributed by atoms with van der Waals surface area (Å²) < 4.78 is 5.59. The Morgan fingerprint density at radius 3 is 2.53 bits per heavy atom. The third-order valence-corrected chi connectivity index (χ3v) is 6.31. The van der Waals surface area contributed by atoms with Crippen LogP contribution >= 0.6 is 11.8 Å². The normalized spacial score (nSPS) is 14.3. The SMILES string of the molecule is Cc1cccc(CN2CCN(C(=O)Oc3ccc(CCSc4ccccn4)cc3)CC2)n1. The molecule has 0 saturated carbocycles. The maximum atomic E-state index is 12.6. The van der Waals surface area contributed by atoms with Gasteiger partial charge in [0.15, 0.2) is 0 Å². The van der Waals surface area contributed by atoms with Crippen LogP contribution in [0.1, 0.15) is 17.0 Å². The zero-order valence-electron chi connectivity index (χ0n) is 18.3. The fraction of sp³-hybridized carbons (Fsp3) is 0.320. The zero-order chi connectivity index (χ0) is 22.2. The zero-order valence-corrected chi connectivity index (χ0v) is 19.1. The topological polar surface area (TPSA) is 58.6 Å². The van der Waals surface area contributed by atoms with Crippen LogP contribution in [-0.2, 0) is 13.0 Å². The molecule has 0 aliphatic carbocycles. The van der Waals surface area contributed by atoms with Crippen molar-refractivity contribution in [2.24, 2.45) is 0 Å². The van der Waals surface area contributed by atoms with Crippen molar-refractivity contribution in [3.63, 3.8) is 0 Å². The first-order valence-electron chi connectivity index (χ1n) is 10.9. The number of rotatable bonds is 7. The maximum absolute atomic E-state index is 12.6. The Bertz CT molecular complexity index is 1010. The van der Waals surface area contributed by atoms with Gasteiger partial charge in [-0.15, -0.1) is 11.8 Å². The third kappa shape index (κ3) is 6.55. The van der Waals surface area contributed by atoms with E-state index in [9.17, 15) is 4.79 Å². The van der Waals surface area contributed by atoms with Crippen molar-refractivity contribution in [1.29, 1.82) is 0 Å². The molecule has 0 bridgehead atoms. The van der Waals surface area contributed by atoms with E-state index in [4.69, 9.17) is 4.74 Å². The van der Waals surface area contributed by atoms with Gasteiger partial charge >= 0.3 is 6.09 Å². The average molecular weight is 449 g/mol. The Hall–Kier alpha value is -2.90. The van der Waals surface area contributed by atoms with Gasteiger partial charge in [0.25, 0.3) is 0 Å². The van der Waals surface area contributed by atoms with E-state index in [0.29, 0.717) is 18.8 Å². The number of hydrogen-bond acceptors (Lipinski definition) is 6. The lowest BCUT2D eigenvalue weighted by molar-refractivity contribution is 0.107. The fourth-order valence-electron chi connectivity index (χ4n) is 3.60. The molecule has 0 atom stereocenters. The van der Waals surface area contributed by atoms with E-state index in [1.165, 1.54) is 5.56 Å². The van der Waals surface area contributed by atoms with Gasteiger partial charge in [-0.05, 0) is 55.3 Å². The van der Waals surface area contributed by atoms with Gasteiger partial charge in [0.2, 0.25) is 0 Å². The van der Waals surface area contributed by atoms with Gasteiger partial charge in [0.1, 0.15) is 5.75 Å². The van der Waals surface area contributed by atoms with Crippen LogP contribution in [-0.4, -0.2) is 57.8 Å². The van der Waals surface area contributed by atoms with Gasteiger partial charge in [-0.3, -0.25) is 9.88 Å². The molecule has 1 aliphatic rings. The second-order valence-electron chi connectivity index (χ2n) is 7.81. The fourth-order valence-corrected chi connectivity index (χ4v) is 4.46. The number of thioether (sulfide) groups is 1. The second kappa shape index (κ2) is 11.1. The first-order valence-corrected chi connectivity index (χ1v) is 11.9.